The lowest BCUT2D eigenvalue weighted by Crippen LogP contribution is -2.38. The summed E-state index contributed by atoms with van der Waals surface area (Å²) in [4.78, 5) is 34.0. The number of aromatic nitrogens is 2. The number of halogens is 1. The zero-order valence-corrected chi connectivity index (χ0v) is 20.4. The van der Waals surface area contributed by atoms with Gasteiger partial charge < -0.3 is 4.90 Å². The van der Waals surface area contributed by atoms with Gasteiger partial charge in [-0.3, -0.25) is 14.2 Å². The molecule has 0 bridgehead atoms. The fourth-order valence-electron chi connectivity index (χ4n) is 4.02. The standard InChI is InChI=1S/C28H28ClN3O2/c1-19(2)17-18-31(27(33)21-9-5-4-6-10-21)20(3)26-30-25-12-8-7-11-24(25)28(34)32(26)23-15-13-22(29)14-16-23/h4-16,19-20H,17-18H2,1-3H3. The maximum absolute atomic E-state index is 13.7. The van der Waals surface area contributed by atoms with Crippen molar-refractivity contribution >= 4 is 28.4 Å². The third-order valence-corrected chi connectivity index (χ3v) is 6.21. The van der Waals surface area contributed by atoms with E-state index in [1.165, 1.54) is 0 Å². The van der Waals surface area contributed by atoms with Gasteiger partial charge in [0.1, 0.15) is 5.82 Å². The van der Waals surface area contributed by atoms with Gasteiger partial charge in [0.15, 0.2) is 0 Å². The van der Waals surface area contributed by atoms with Crippen molar-refractivity contribution in [2.75, 3.05) is 6.54 Å². The van der Waals surface area contributed by atoms with Gasteiger partial charge in [0.2, 0.25) is 0 Å². The fourth-order valence-corrected chi connectivity index (χ4v) is 4.15. The SMILES string of the molecule is CC(C)CCN(C(=O)c1ccccc1)C(C)c1nc2ccccc2c(=O)n1-c1ccc(Cl)cc1. The molecule has 1 unspecified atom stereocenters. The molecule has 0 aliphatic heterocycles. The highest BCUT2D eigenvalue weighted by molar-refractivity contribution is 6.30. The Morgan fingerprint density at radius 1 is 0.941 bits per heavy atom. The van der Waals surface area contributed by atoms with Gasteiger partial charge >= 0.3 is 0 Å². The van der Waals surface area contributed by atoms with Gasteiger partial charge in [0.25, 0.3) is 11.5 Å². The van der Waals surface area contributed by atoms with E-state index in [1.54, 1.807) is 34.9 Å². The van der Waals surface area contributed by atoms with Crippen molar-refractivity contribution < 1.29 is 4.79 Å². The smallest absolute Gasteiger partial charge is 0.266 e. The van der Waals surface area contributed by atoms with E-state index in [0.717, 1.165) is 6.42 Å². The maximum atomic E-state index is 13.7. The molecular formula is C28H28ClN3O2. The van der Waals surface area contributed by atoms with Gasteiger partial charge in [-0.2, -0.15) is 0 Å². The normalized spacial score (nSPS) is 12.1. The van der Waals surface area contributed by atoms with Gasteiger partial charge in [0.05, 0.1) is 22.6 Å². The molecule has 5 nitrogen and oxygen atoms in total. The predicted octanol–water partition coefficient (Wildman–Crippen LogP) is 6.29. The lowest BCUT2D eigenvalue weighted by atomic mass is 10.1. The second-order valence-corrected chi connectivity index (χ2v) is 9.26. The molecule has 1 amide bonds. The van der Waals surface area contributed by atoms with Gasteiger partial charge in [-0.05, 0) is 67.8 Å². The van der Waals surface area contributed by atoms with E-state index in [1.807, 2.05) is 60.4 Å². The van der Waals surface area contributed by atoms with Crippen LogP contribution in [0.5, 0.6) is 0 Å². The van der Waals surface area contributed by atoms with Crippen LogP contribution in [0.1, 0.15) is 49.4 Å². The molecular weight excluding hydrogens is 446 g/mol. The summed E-state index contributed by atoms with van der Waals surface area (Å²) in [5.41, 5.74) is 1.70. The Kier molecular flexibility index (Phi) is 7.13. The first kappa shape index (κ1) is 23.7. The quantitative estimate of drug-likeness (QED) is 0.317. The highest BCUT2D eigenvalue weighted by Crippen LogP contribution is 2.26. The first-order valence-corrected chi connectivity index (χ1v) is 11.9. The Morgan fingerprint density at radius 3 is 2.26 bits per heavy atom. The Morgan fingerprint density at radius 2 is 1.59 bits per heavy atom. The topological polar surface area (TPSA) is 55.2 Å². The molecule has 0 fully saturated rings. The zero-order valence-electron chi connectivity index (χ0n) is 19.6. The number of amides is 1. The second-order valence-electron chi connectivity index (χ2n) is 8.83. The summed E-state index contributed by atoms with van der Waals surface area (Å²) in [5.74, 6) is 0.846. The van der Waals surface area contributed by atoms with Crippen molar-refractivity contribution in [2.45, 2.75) is 33.2 Å². The molecule has 0 saturated heterocycles. The maximum Gasteiger partial charge on any atom is 0.266 e. The number of carbonyl (C=O) groups is 1. The molecule has 6 heteroatoms. The summed E-state index contributed by atoms with van der Waals surface area (Å²) >= 11 is 6.11. The molecule has 0 aliphatic carbocycles. The van der Waals surface area contributed by atoms with Crippen molar-refractivity contribution in [3.63, 3.8) is 0 Å². The van der Waals surface area contributed by atoms with Gasteiger partial charge in [-0.15, -0.1) is 0 Å². The van der Waals surface area contributed by atoms with Crippen LogP contribution in [0.3, 0.4) is 0 Å². The highest BCUT2D eigenvalue weighted by atomic mass is 35.5. The van der Waals surface area contributed by atoms with Crippen molar-refractivity contribution in [2.24, 2.45) is 5.92 Å². The largest absolute Gasteiger partial charge is 0.329 e. The average Bonchev–Trinajstić information content (AvgIpc) is 2.85. The van der Waals surface area contributed by atoms with Crippen LogP contribution in [0, 0.1) is 5.92 Å². The summed E-state index contributed by atoms with van der Waals surface area (Å²) in [6.07, 6.45) is 0.835. The second kappa shape index (κ2) is 10.2. The van der Waals surface area contributed by atoms with Crippen LogP contribution in [0.2, 0.25) is 5.02 Å². The molecule has 0 radical (unpaired) electrons. The Labute approximate surface area is 204 Å². The number of hydrogen-bond donors (Lipinski definition) is 0. The van der Waals surface area contributed by atoms with E-state index in [4.69, 9.17) is 16.6 Å². The van der Waals surface area contributed by atoms with Crippen LogP contribution in [-0.4, -0.2) is 26.9 Å². The van der Waals surface area contributed by atoms with Crippen molar-refractivity contribution in [3.8, 4) is 5.69 Å². The van der Waals surface area contributed by atoms with E-state index < -0.39 is 6.04 Å². The lowest BCUT2D eigenvalue weighted by Gasteiger charge is -2.31. The number of nitrogens with zero attached hydrogens (tertiary/aromatic N) is 3. The highest BCUT2D eigenvalue weighted by Gasteiger charge is 2.27. The van der Waals surface area contributed by atoms with Crippen molar-refractivity contribution in [1.82, 2.24) is 14.5 Å². The van der Waals surface area contributed by atoms with E-state index >= 15 is 0 Å². The molecule has 0 spiro atoms. The number of hydrogen-bond acceptors (Lipinski definition) is 3. The zero-order chi connectivity index (χ0) is 24.2. The number of para-hydroxylation sites is 1. The first-order valence-electron chi connectivity index (χ1n) is 11.5. The number of carbonyl (C=O) groups excluding carboxylic acids is 1. The van der Waals surface area contributed by atoms with E-state index in [2.05, 4.69) is 13.8 Å². The summed E-state index contributed by atoms with van der Waals surface area (Å²) in [6.45, 7) is 6.75. The van der Waals surface area contributed by atoms with Crippen LogP contribution < -0.4 is 5.56 Å². The number of rotatable bonds is 7. The van der Waals surface area contributed by atoms with Crippen LogP contribution in [-0.2, 0) is 0 Å². The molecule has 1 aromatic heterocycles. The molecule has 1 heterocycles. The Balaban J connectivity index is 1.89. The molecule has 3 aromatic carbocycles. The molecule has 174 valence electrons. The van der Waals surface area contributed by atoms with Gasteiger partial charge in [0, 0.05) is 17.1 Å². The van der Waals surface area contributed by atoms with E-state index in [-0.39, 0.29) is 11.5 Å². The third kappa shape index (κ3) is 4.90. The van der Waals surface area contributed by atoms with E-state index in [0.29, 0.717) is 45.5 Å². The minimum atomic E-state index is -0.445. The van der Waals surface area contributed by atoms with Crippen LogP contribution >= 0.6 is 11.6 Å². The fraction of sp³-hybridized carbons (Fsp3) is 0.250. The Bertz CT molecular complexity index is 1350. The average molecular weight is 474 g/mol. The summed E-state index contributed by atoms with van der Waals surface area (Å²) < 4.78 is 1.60. The summed E-state index contributed by atoms with van der Waals surface area (Å²) in [5, 5.41) is 1.11. The molecule has 0 N–H and O–H groups in total. The van der Waals surface area contributed by atoms with Crippen LogP contribution in [0.25, 0.3) is 16.6 Å². The Hall–Kier alpha value is -3.44. The van der Waals surface area contributed by atoms with Crippen LogP contribution in [0.4, 0.5) is 0 Å². The van der Waals surface area contributed by atoms with Crippen molar-refractivity contribution in [1.29, 1.82) is 0 Å². The molecule has 1 atom stereocenters. The lowest BCUT2D eigenvalue weighted by molar-refractivity contribution is 0.0671. The minimum Gasteiger partial charge on any atom is -0.329 e. The molecule has 0 aliphatic rings. The summed E-state index contributed by atoms with van der Waals surface area (Å²) in [7, 11) is 0. The first-order chi connectivity index (χ1) is 16.4. The van der Waals surface area contributed by atoms with E-state index in [9.17, 15) is 9.59 Å². The van der Waals surface area contributed by atoms with Gasteiger partial charge in [-0.25, -0.2) is 4.98 Å². The molecule has 4 aromatic rings. The molecule has 0 saturated carbocycles. The third-order valence-electron chi connectivity index (χ3n) is 5.96. The van der Waals surface area contributed by atoms with Crippen LogP contribution in [0.15, 0.2) is 83.7 Å². The van der Waals surface area contributed by atoms with Gasteiger partial charge in [-0.1, -0.05) is 55.8 Å². The number of fused-ring (bicyclic) bond motifs is 1. The molecule has 34 heavy (non-hydrogen) atoms. The molecule has 4 rings (SSSR count). The number of benzene rings is 3. The summed E-state index contributed by atoms with van der Waals surface area (Å²) in [6, 6.07) is 23.2. The predicted molar refractivity (Wildman–Crippen MR) is 138 cm³/mol. The minimum absolute atomic E-state index is 0.0844. The van der Waals surface area contributed by atoms with Crippen molar-refractivity contribution in [3.05, 3.63) is 106 Å². The monoisotopic (exact) mass is 473 g/mol.